The molecule has 1 fully saturated rings. The Hall–Kier alpha value is -0.860. The minimum Gasteiger partial charge on any atom is -0.309 e. The molecule has 94 valence electrons. The van der Waals surface area contributed by atoms with Gasteiger partial charge in [0.05, 0.1) is 0 Å². The van der Waals surface area contributed by atoms with Crippen molar-refractivity contribution in [1.82, 2.24) is 10.2 Å². The fourth-order valence-electron chi connectivity index (χ4n) is 2.64. The van der Waals surface area contributed by atoms with Crippen molar-refractivity contribution in [1.29, 1.82) is 0 Å². The maximum atomic E-state index is 3.57. The van der Waals surface area contributed by atoms with Crippen LogP contribution in [-0.4, -0.2) is 36.1 Å². The molecule has 1 heterocycles. The van der Waals surface area contributed by atoms with Crippen LogP contribution in [0, 0.1) is 0 Å². The molecule has 1 aliphatic heterocycles. The summed E-state index contributed by atoms with van der Waals surface area (Å²) in [5.41, 5.74) is 1.69. The van der Waals surface area contributed by atoms with Crippen molar-refractivity contribution < 1.29 is 0 Å². The van der Waals surface area contributed by atoms with E-state index in [1.165, 1.54) is 5.56 Å². The molecule has 2 nitrogen and oxygen atoms in total. The van der Waals surface area contributed by atoms with Crippen LogP contribution in [0.3, 0.4) is 0 Å². The van der Waals surface area contributed by atoms with Gasteiger partial charge in [-0.25, -0.2) is 0 Å². The highest BCUT2D eigenvalue weighted by Gasteiger charge is 2.28. The Bertz CT molecular complexity index is 345. The zero-order valence-corrected chi connectivity index (χ0v) is 11.2. The molecule has 1 unspecified atom stereocenters. The zero-order valence-electron chi connectivity index (χ0n) is 11.2. The molecule has 0 aromatic heterocycles. The van der Waals surface area contributed by atoms with Crippen molar-refractivity contribution in [3.8, 4) is 0 Å². The van der Waals surface area contributed by atoms with Crippen LogP contribution in [0.15, 0.2) is 30.3 Å². The number of nitrogens with zero attached hydrogens (tertiary/aromatic N) is 1. The van der Waals surface area contributed by atoms with Gasteiger partial charge in [-0.2, -0.15) is 0 Å². The highest BCUT2D eigenvalue weighted by atomic mass is 15.2. The topological polar surface area (TPSA) is 15.3 Å². The predicted octanol–water partition coefficient (Wildman–Crippen LogP) is 2.30. The largest absolute Gasteiger partial charge is 0.309 e. The Morgan fingerprint density at radius 3 is 2.65 bits per heavy atom. The fourth-order valence-corrected chi connectivity index (χ4v) is 2.64. The van der Waals surface area contributed by atoms with Gasteiger partial charge in [-0.15, -0.1) is 0 Å². The first kappa shape index (κ1) is 12.6. The van der Waals surface area contributed by atoms with Crippen molar-refractivity contribution in [2.45, 2.75) is 38.8 Å². The van der Waals surface area contributed by atoms with Gasteiger partial charge in [0.1, 0.15) is 0 Å². The summed E-state index contributed by atoms with van der Waals surface area (Å²) in [6, 6.07) is 11.4. The van der Waals surface area contributed by atoms with Gasteiger partial charge in [0, 0.05) is 31.2 Å². The SMILES string of the molecule is CC(Cc1ccccc1)N1CCNC(C)(C)C1. The van der Waals surface area contributed by atoms with Crippen LogP contribution < -0.4 is 5.32 Å². The maximum Gasteiger partial charge on any atom is 0.0252 e. The van der Waals surface area contributed by atoms with Crippen LogP contribution in [0.4, 0.5) is 0 Å². The highest BCUT2D eigenvalue weighted by Crippen LogP contribution is 2.15. The second-order valence-electron chi connectivity index (χ2n) is 5.82. The zero-order chi connectivity index (χ0) is 12.3. The summed E-state index contributed by atoms with van der Waals surface area (Å²) in [6.45, 7) is 10.3. The minimum atomic E-state index is 0.253. The molecule has 0 spiro atoms. The van der Waals surface area contributed by atoms with Gasteiger partial charge < -0.3 is 5.32 Å². The lowest BCUT2D eigenvalue weighted by atomic mass is 9.98. The summed E-state index contributed by atoms with van der Waals surface area (Å²) in [7, 11) is 0. The molecule has 2 rings (SSSR count). The molecule has 0 saturated carbocycles. The molecule has 0 amide bonds. The summed E-state index contributed by atoms with van der Waals surface area (Å²) >= 11 is 0. The van der Waals surface area contributed by atoms with Crippen LogP contribution in [-0.2, 0) is 6.42 Å². The van der Waals surface area contributed by atoms with E-state index >= 15 is 0 Å². The molecule has 1 atom stereocenters. The molecule has 1 saturated heterocycles. The molecular formula is C15H24N2. The summed E-state index contributed by atoms with van der Waals surface area (Å²) < 4.78 is 0. The molecule has 1 aromatic carbocycles. The average molecular weight is 232 g/mol. The van der Waals surface area contributed by atoms with Crippen LogP contribution in [0.2, 0.25) is 0 Å². The van der Waals surface area contributed by atoms with E-state index in [9.17, 15) is 0 Å². The fraction of sp³-hybridized carbons (Fsp3) is 0.600. The Balaban J connectivity index is 1.94. The molecule has 0 aliphatic carbocycles. The number of benzene rings is 1. The van der Waals surface area contributed by atoms with Crippen LogP contribution in [0.1, 0.15) is 26.3 Å². The minimum absolute atomic E-state index is 0.253. The van der Waals surface area contributed by atoms with E-state index in [0.717, 1.165) is 26.1 Å². The lowest BCUT2D eigenvalue weighted by Crippen LogP contribution is -2.59. The number of piperazine rings is 1. The van der Waals surface area contributed by atoms with E-state index in [0.29, 0.717) is 6.04 Å². The van der Waals surface area contributed by atoms with E-state index in [1.807, 2.05) is 0 Å². The summed E-state index contributed by atoms with van der Waals surface area (Å²) in [6.07, 6.45) is 1.15. The summed E-state index contributed by atoms with van der Waals surface area (Å²) in [4.78, 5) is 2.60. The summed E-state index contributed by atoms with van der Waals surface area (Å²) in [5.74, 6) is 0. The van der Waals surface area contributed by atoms with Crippen molar-refractivity contribution >= 4 is 0 Å². The average Bonchev–Trinajstić information content (AvgIpc) is 2.29. The van der Waals surface area contributed by atoms with Crippen molar-refractivity contribution in [2.24, 2.45) is 0 Å². The lowest BCUT2D eigenvalue weighted by Gasteiger charge is -2.42. The first-order valence-corrected chi connectivity index (χ1v) is 6.60. The van der Waals surface area contributed by atoms with Crippen molar-refractivity contribution in [3.63, 3.8) is 0 Å². The number of hydrogen-bond acceptors (Lipinski definition) is 2. The van der Waals surface area contributed by atoms with E-state index in [4.69, 9.17) is 0 Å². The van der Waals surface area contributed by atoms with E-state index in [2.05, 4.69) is 61.3 Å². The number of rotatable bonds is 3. The standard InChI is InChI=1S/C15H24N2/c1-13(11-14-7-5-4-6-8-14)17-10-9-16-15(2,3)12-17/h4-8,13,16H,9-12H2,1-3H3. The normalized spacial score (nSPS) is 22.3. The van der Waals surface area contributed by atoms with Gasteiger partial charge in [0.15, 0.2) is 0 Å². The quantitative estimate of drug-likeness (QED) is 0.860. The van der Waals surface area contributed by atoms with Crippen molar-refractivity contribution in [3.05, 3.63) is 35.9 Å². The third-order valence-corrected chi connectivity index (χ3v) is 3.60. The van der Waals surface area contributed by atoms with Crippen molar-refractivity contribution in [2.75, 3.05) is 19.6 Å². The van der Waals surface area contributed by atoms with Gasteiger partial charge >= 0.3 is 0 Å². The predicted molar refractivity (Wildman–Crippen MR) is 73.3 cm³/mol. The van der Waals surface area contributed by atoms with Crippen LogP contribution in [0.25, 0.3) is 0 Å². The number of hydrogen-bond donors (Lipinski definition) is 1. The van der Waals surface area contributed by atoms with Crippen LogP contribution >= 0.6 is 0 Å². The Morgan fingerprint density at radius 1 is 1.29 bits per heavy atom. The first-order valence-electron chi connectivity index (χ1n) is 6.60. The molecule has 1 aliphatic rings. The smallest absolute Gasteiger partial charge is 0.0252 e. The molecule has 0 bridgehead atoms. The third kappa shape index (κ3) is 3.55. The lowest BCUT2D eigenvalue weighted by molar-refractivity contribution is 0.116. The molecule has 1 aromatic rings. The Labute approximate surface area is 105 Å². The van der Waals surface area contributed by atoms with E-state index in [-0.39, 0.29) is 5.54 Å². The Morgan fingerprint density at radius 2 is 2.00 bits per heavy atom. The molecular weight excluding hydrogens is 208 g/mol. The highest BCUT2D eigenvalue weighted by molar-refractivity contribution is 5.15. The molecule has 17 heavy (non-hydrogen) atoms. The van der Waals surface area contributed by atoms with Gasteiger partial charge in [-0.3, -0.25) is 4.90 Å². The second-order valence-corrected chi connectivity index (χ2v) is 5.82. The van der Waals surface area contributed by atoms with E-state index in [1.54, 1.807) is 0 Å². The summed E-state index contributed by atoms with van der Waals surface area (Å²) in [5, 5.41) is 3.57. The maximum absolute atomic E-state index is 3.57. The Kier molecular flexibility index (Phi) is 3.85. The number of nitrogens with one attached hydrogen (secondary N) is 1. The van der Waals surface area contributed by atoms with Gasteiger partial charge in [0.25, 0.3) is 0 Å². The van der Waals surface area contributed by atoms with Gasteiger partial charge in [-0.1, -0.05) is 30.3 Å². The van der Waals surface area contributed by atoms with Gasteiger partial charge in [0.2, 0.25) is 0 Å². The first-order chi connectivity index (χ1) is 8.07. The molecule has 0 radical (unpaired) electrons. The van der Waals surface area contributed by atoms with Crippen LogP contribution in [0.5, 0.6) is 0 Å². The van der Waals surface area contributed by atoms with E-state index < -0.39 is 0 Å². The molecule has 1 N–H and O–H groups in total. The third-order valence-electron chi connectivity index (χ3n) is 3.60. The second kappa shape index (κ2) is 5.19. The monoisotopic (exact) mass is 232 g/mol. The molecule has 2 heteroatoms. The van der Waals surface area contributed by atoms with Gasteiger partial charge in [-0.05, 0) is 32.8 Å².